The maximum Gasteiger partial charge on any atom is 0.372 e. The average molecular weight is 263 g/mol. The molecular formula is C14H14FNO3. The number of aryl methyl sites for hydroxylation is 2. The first-order valence-corrected chi connectivity index (χ1v) is 5.80. The molecule has 5 heteroatoms. The van der Waals surface area contributed by atoms with Crippen molar-refractivity contribution in [1.82, 2.24) is 0 Å². The zero-order valence-electron chi connectivity index (χ0n) is 10.7. The second-order valence-corrected chi connectivity index (χ2v) is 4.34. The first-order valence-electron chi connectivity index (χ1n) is 5.80. The van der Waals surface area contributed by atoms with Crippen LogP contribution in [0.4, 0.5) is 10.1 Å². The summed E-state index contributed by atoms with van der Waals surface area (Å²) in [5.41, 5.74) is 2.15. The smallest absolute Gasteiger partial charge is 0.372 e. The van der Waals surface area contributed by atoms with E-state index in [4.69, 9.17) is 9.52 Å². The van der Waals surface area contributed by atoms with E-state index in [1.165, 1.54) is 12.1 Å². The molecule has 0 saturated heterocycles. The Hall–Kier alpha value is -2.30. The molecule has 2 N–H and O–H groups in total. The predicted molar refractivity (Wildman–Crippen MR) is 68.9 cm³/mol. The van der Waals surface area contributed by atoms with Crippen molar-refractivity contribution in [2.24, 2.45) is 0 Å². The molecule has 0 unspecified atom stereocenters. The highest BCUT2D eigenvalue weighted by molar-refractivity contribution is 5.86. The molecule has 4 nitrogen and oxygen atoms in total. The number of nitrogens with one attached hydrogen (secondary N) is 1. The SMILES string of the molecule is Cc1cc(F)ccc1NCc1cc(C)c(C(=O)O)o1. The summed E-state index contributed by atoms with van der Waals surface area (Å²) in [6, 6.07) is 6.11. The van der Waals surface area contributed by atoms with Gasteiger partial charge in [0.05, 0.1) is 6.54 Å². The minimum absolute atomic E-state index is 0.0485. The summed E-state index contributed by atoms with van der Waals surface area (Å²) >= 11 is 0. The zero-order chi connectivity index (χ0) is 14.0. The number of carbonyl (C=O) groups is 1. The maximum atomic E-state index is 12.9. The molecule has 0 radical (unpaired) electrons. The lowest BCUT2D eigenvalue weighted by Crippen LogP contribution is -2.00. The van der Waals surface area contributed by atoms with Crippen LogP contribution in [-0.2, 0) is 6.54 Å². The molecule has 0 saturated carbocycles. The van der Waals surface area contributed by atoms with E-state index in [-0.39, 0.29) is 11.6 Å². The lowest BCUT2D eigenvalue weighted by Gasteiger charge is -2.07. The van der Waals surface area contributed by atoms with Crippen molar-refractivity contribution in [2.45, 2.75) is 20.4 Å². The molecule has 0 aliphatic heterocycles. The van der Waals surface area contributed by atoms with Gasteiger partial charge in [0.1, 0.15) is 11.6 Å². The number of aromatic carboxylic acids is 1. The Kier molecular flexibility index (Phi) is 3.55. The summed E-state index contributed by atoms with van der Waals surface area (Å²) in [7, 11) is 0. The van der Waals surface area contributed by atoms with Crippen LogP contribution in [0.5, 0.6) is 0 Å². The van der Waals surface area contributed by atoms with Gasteiger partial charge in [-0.05, 0) is 43.7 Å². The Morgan fingerprint density at radius 3 is 2.63 bits per heavy atom. The first kappa shape index (κ1) is 13.1. The number of hydrogen-bond donors (Lipinski definition) is 2. The van der Waals surface area contributed by atoms with Crippen LogP contribution in [0.25, 0.3) is 0 Å². The van der Waals surface area contributed by atoms with Crippen LogP contribution in [0.2, 0.25) is 0 Å². The highest BCUT2D eigenvalue weighted by Crippen LogP contribution is 2.19. The summed E-state index contributed by atoms with van der Waals surface area (Å²) in [6.45, 7) is 3.82. The van der Waals surface area contributed by atoms with Gasteiger partial charge in [0.25, 0.3) is 0 Å². The van der Waals surface area contributed by atoms with E-state index in [1.54, 1.807) is 26.0 Å². The number of anilines is 1. The van der Waals surface area contributed by atoms with Crippen LogP contribution in [-0.4, -0.2) is 11.1 Å². The van der Waals surface area contributed by atoms with Crippen molar-refractivity contribution in [3.05, 3.63) is 52.7 Å². The number of furan rings is 1. The Morgan fingerprint density at radius 2 is 2.05 bits per heavy atom. The molecule has 0 aliphatic carbocycles. The molecule has 0 atom stereocenters. The first-order chi connectivity index (χ1) is 8.97. The molecule has 1 heterocycles. The molecule has 19 heavy (non-hydrogen) atoms. The predicted octanol–water partition coefficient (Wildman–Crippen LogP) is 3.35. The standard InChI is InChI=1S/C14H14FNO3/c1-8-5-10(15)3-4-12(8)16-7-11-6-9(2)13(19-11)14(17)18/h3-6,16H,7H2,1-2H3,(H,17,18). The quantitative estimate of drug-likeness (QED) is 0.888. The molecule has 0 fully saturated rings. The van der Waals surface area contributed by atoms with Crippen molar-refractivity contribution in [3.8, 4) is 0 Å². The molecule has 2 aromatic rings. The molecule has 100 valence electrons. The van der Waals surface area contributed by atoms with Crippen molar-refractivity contribution in [3.63, 3.8) is 0 Å². The van der Waals surface area contributed by atoms with Crippen LogP contribution in [0.3, 0.4) is 0 Å². The van der Waals surface area contributed by atoms with Gasteiger partial charge < -0.3 is 14.8 Å². The number of halogens is 1. The van der Waals surface area contributed by atoms with Crippen LogP contribution in [0.15, 0.2) is 28.7 Å². The Labute approximate surface area is 109 Å². The lowest BCUT2D eigenvalue weighted by atomic mass is 10.2. The second-order valence-electron chi connectivity index (χ2n) is 4.34. The van der Waals surface area contributed by atoms with Gasteiger partial charge in [-0.1, -0.05) is 0 Å². The molecule has 0 bridgehead atoms. The van der Waals surface area contributed by atoms with Crippen molar-refractivity contribution in [1.29, 1.82) is 0 Å². The minimum atomic E-state index is -1.08. The third-order valence-electron chi connectivity index (χ3n) is 2.80. The molecule has 0 spiro atoms. The number of hydrogen-bond acceptors (Lipinski definition) is 3. The molecule has 1 aromatic heterocycles. The van der Waals surface area contributed by atoms with Gasteiger partial charge in [-0.2, -0.15) is 0 Å². The molecule has 0 aliphatic rings. The molecule has 2 rings (SSSR count). The maximum absolute atomic E-state index is 12.9. The van der Waals surface area contributed by atoms with Gasteiger partial charge in [0.2, 0.25) is 5.76 Å². The summed E-state index contributed by atoms with van der Waals surface area (Å²) < 4.78 is 18.2. The summed E-state index contributed by atoms with van der Waals surface area (Å²) in [6.07, 6.45) is 0. The largest absolute Gasteiger partial charge is 0.475 e. The van der Waals surface area contributed by atoms with Crippen molar-refractivity contribution < 1.29 is 18.7 Å². The van der Waals surface area contributed by atoms with Crippen molar-refractivity contribution >= 4 is 11.7 Å². The van der Waals surface area contributed by atoms with E-state index in [0.29, 0.717) is 17.9 Å². The van der Waals surface area contributed by atoms with Gasteiger partial charge >= 0.3 is 5.97 Å². The summed E-state index contributed by atoms with van der Waals surface area (Å²) in [5, 5.41) is 12.0. The third-order valence-corrected chi connectivity index (χ3v) is 2.80. The Balaban J connectivity index is 2.10. The highest BCUT2D eigenvalue weighted by atomic mass is 19.1. The lowest BCUT2D eigenvalue weighted by molar-refractivity contribution is 0.0659. The topological polar surface area (TPSA) is 62.5 Å². The number of benzene rings is 1. The minimum Gasteiger partial charge on any atom is -0.475 e. The van der Waals surface area contributed by atoms with Crippen LogP contribution < -0.4 is 5.32 Å². The Bertz CT molecular complexity index is 619. The van der Waals surface area contributed by atoms with E-state index in [1.807, 2.05) is 0 Å². The van der Waals surface area contributed by atoms with Crippen LogP contribution in [0.1, 0.15) is 27.4 Å². The van der Waals surface area contributed by atoms with Gasteiger partial charge in [0, 0.05) is 11.3 Å². The fourth-order valence-corrected chi connectivity index (χ4v) is 1.86. The zero-order valence-corrected chi connectivity index (χ0v) is 10.7. The average Bonchev–Trinajstić information content (AvgIpc) is 2.69. The summed E-state index contributed by atoms with van der Waals surface area (Å²) in [4.78, 5) is 10.8. The van der Waals surface area contributed by atoms with E-state index >= 15 is 0 Å². The van der Waals surface area contributed by atoms with E-state index in [0.717, 1.165) is 11.3 Å². The second kappa shape index (κ2) is 5.14. The third kappa shape index (κ3) is 2.93. The van der Waals surface area contributed by atoms with E-state index in [2.05, 4.69) is 5.32 Å². The Morgan fingerprint density at radius 1 is 1.32 bits per heavy atom. The van der Waals surface area contributed by atoms with Crippen molar-refractivity contribution in [2.75, 3.05) is 5.32 Å². The fraction of sp³-hybridized carbons (Fsp3) is 0.214. The van der Waals surface area contributed by atoms with E-state index < -0.39 is 5.97 Å². The number of carboxylic acids is 1. The number of rotatable bonds is 4. The van der Waals surface area contributed by atoms with Gasteiger partial charge in [0.15, 0.2) is 0 Å². The molecule has 0 amide bonds. The van der Waals surface area contributed by atoms with Gasteiger partial charge in [-0.25, -0.2) is 9.18 Å². The number of carboxylic acid groups (broad SMARTS) is 1. The highest BCUT2D eigenvalue weighted by Gasteiger charge is 2.14. The fourth-order valence-electron chi connectivity index (χ4n) is 1.86. The molecule has 1 aromatic carbocycles. The van der Waals surface area contributed by atoms with Gasteiger partial charge in [-0.3, -0.25) is 0 Å². The summed E-state index contributed by atoms with van der Waals surface area (Å²) in [5.74, 6) is -0.891. The van der Waals surface area contributed by atoms with Gasteiger partial charge in [-0.15, -0.1) is 0 Å². The normalized spacial score (nSPS) is 10.5. The van der Waals surface area contributed by atoms with E-state index in [9.17, 15) is 9.18 Å². The monoisotopic (exact) mass is 263 g/mol. The molecular weight excluding hydrogens is 249 g/mol. The van der Waals surface area contributed by atoms with Crippen LogP contribution in [0, 0.1) is 19.7 Å². The van der Waals surface area contributed by atoms with Crippen LogP contribution >= 0.6 is 0 Å².